The first-order valence-corrected chi connectivity index (χ1v) is 6.68. The second-order valence-electron chi connectivity index (χ2n) is 4.09. The van der Waals surface area contributed by atoms with Crippen molar-refractivity contribution in [2.75, 3.05) is 5.75 Å². The monoisotopic (exact) mass is 294 g/mol. The number of hydrogen-bond donors (Lipinski definition) is 0. The Morgan fingerprint density at radius 2 is 2.10 bits per heavy atom. The fourth-order valence-electron chi connectivity index (χ4n) is 1.91. The maximum atomic E-state index is 12.3. The summed E-state index contributed by atoms with van der Waals surface area (Å²) < 4.78 is 0. The van der Waals surface area contributed by atoms with Crippen molar-refractivity contribution in [1.29, 1.82) is 0 Å². The minimum atomic E-state index is -1.68. The van der Waals surface area contributed by atoms with Crippen LogP contribution >= 0.6 is 11.8 Å². The second kappa shape index (κ2) is 5.83. The number of thioether (sulfide) groups is 1. The molecule has 1 aromatic carbocycles. The van der Waals surface area contributed by atoms with Crippen LogP contribution < -0.4 is 0 Å². The van der Waals surface area contributed by atoms with Crippen molar-refractivity contribution in [3.63, 3.8) is 0 Å². The summed E-state index contributed by atoms with van der Waals surface area (Å²) in [6, 6.07) is 5.06. The Hall–Kier alpha value is -2.22. The molecule has 0 saturated carbocycles. The van der Waals surface area contributed by atoms with Crippen molar-refractivity contribution in [1.82, 2.24) is 4.90 Å². The predicted octanol–water partition coefficient (Wildman–Crippen LogP) is 1.27. The molecule has 1 aliphatic rings. The summed E-state index contributed by atoms with van der Waals surface area (Å²) in [5, 5.41) is 10.5. The van der Waals surface area contributed by atoms with Crippen LogP contribution in [0, 0.1) is 10.1 Å². The van der Waals surface area contributed by atoms with Crippen LogP contribution in [0.15, 0.2) is 30.3 Å². The average Bonchev–Trinajstić information content (AvgIpc) is 2.80. The lowest BCUT2D eigenvalue weighted by molar-refractivity contribution is -0.514. The van der Waals surface area contributed by atoms with E-state index in [-0.39, 0.29) is 11.3 Å². The molecule has 0 aromatic heterocycles. The molecule has 2 unspecified atom stereocenters. The van der Waals surface area contributed by atoms with Gasteiger partial charge in [-0.2, -0.15) is 0 Å². The summed E-state index contributed by atoms with van der Waals surface area (Å²) in [5.74, 6) is -0.846. The topological polar surface area (TPSA) is 97.6 Å². The SMILES string of the molecule is O=CC1CSC(=O)N1C(=O)C(c1ccccc1)[N+](=O)[O-]. The lowest BCUT2D eigenvalue weighted by Gasteiger charge is -2.19. The zero-order valence-electron chi connectivity index (χ0n) is 10.2. The molecule has 0 radical (unpaired) electrons. The summed E-state index contributed by atoms with van der Waals surface area (Å²) in [6.07, 6.45) is 0.456. The standard InChI is InChI=1S/C12H10N2O5S/c15-6-9-7-20-12(17)13(9)11(16)10(14(18)19)8-4-2-1-3-5-8/h1-6,9-10H,7H2. The molecule has 104 valence electrons. The third-order valence-corrected chi connectivity index (χ3v) is 3.81. The van der Waals surface area contributed by atoms with E-state index in [1.807, 2.05) is 0 Å². The summed E-state index contributed by atoms with van der Waals surface area (Å²) in [4.78, 5) is 45.8. The molecule has 1 fully saturated rings. The fourth-order valence-corrected chi connectivity index (χ4v) is 2.82. The van der Waals surface area contributed by atoms with E-state index in [9.17, 15) is 24.5 Å². The van der Waals surface area contributed by atoms with Gasteiger partial charge in [0.25, 0.3) is 5.24 Å². The Morgan fingerprint density at radius 3 is 2.65 bits per heavy atom. The highest BCUT2D eigenvalue weighted by Crippen LogP contribution is 2.28. The Kier molecular flexibility index (Phi) is 4.14. The van der Waals surface area contributed by atoms with Gasteiger partial charge in [0.1, 0.15) is 12.3 Å². The zero-order chi connectivity index (χ0) is 14.7. The third kappa shape index (κ3) is 2.55. The maximum Gasteiger partial charge on any atom is 0.315 e. The molecule has 7 nitrogen and oxygen atoms in total. The lowest BCUT2D eigenvalue weighted by Crippen LogP contribution is -2.44. The minimum absolute atomic E-state index is 0.132. The van der Waals surface area contributed by atoms with E-state index in [1.165, 1.54) is 12.1 Å². The molecule has 0 N–H and O–H groups in total. The van der Waals surface area contributed by atoms with Gasteiger partial charge < -0.3 is 4.79 Å². The minimum Gasteiger partial charge on any atom is -0.301 e. The first kappa shape index (κ1) is 14.2. The number of benzene rings is 1. The number of amides is 2. The second-order valence-corrected chi connectivity index (χ2v) is 5.06. The lowest BCUT2D eigenvalue weighted by atomic mass is 10.1. The van der Waals surface area contributed by atoms with E-state index < -0.39 is 28.2 Å². The Morgan fingerprint density at radius 1 is 1.45 bits per heavy atom. The van der Waals surface area contributed by atoms with Gasteiger partial charge in [0.05, 0.1) is 0 Å². The predicted molar refractivity (Wildman–Crippen MR) is 70.7 cm³/mol. The van der Waals surface area contributed by atoms with Gasteiger partial charge in [0.15, 0.2) is 0 Å². The van der Waals surface area contributed by atoms with Crippen molar-refractivity contribution in [2.24, 2.45) is 0 Å². The highest BCUT2D eigenvalue weighted by atomic mass is 32.2. The molecule has 0 bridgehead atoms. The fraction of sp³-hybridized carbons (Fsp3) is 0.250. The summed E-state index contributed by atoms with van der Waals surface area (Å²) in [6.45, 7) is 0. The number of hydrogen-bond acceptors (Lipinski definition) is 6. The van der Waals surface area contributed by atoms with E-state index in [4.69, 9.17) is 0 Å². The van der Waals surface area contributed by atoms with E-state index in [2.05, 4.69) is 0 Å². The molecule has 1 saturated heterocycles. The first-order chi connectivity index (χ1) is 9.56. The number of imide groups is 1. The highest BCUT2D eigenvalue weighted by molar-refractivity contribution is 8.14. The number of nitro groups is 1. The molecular formula is C12H10N2O5S. The van der Waals surface area contributed by atoms with E-state index in [0.717, 1.165) is 11.8 Å². The number of aldehydes is 1. The van der Waals surface area contributed by atoms with Gasteiger partial charge in [-0.05, 0) is 0 Å². The van der Waals surface area contributed by atoms with Crippen LogP contribution in [-0.2, 0) is 9.59 Å². The summed E-state index contributed by atoms with van der Waals surface area (Å²) in [7, 11) is 0. The number of carbonyl (C=O) groups excluding carboxylic acids is 3. The van der Waals surface area contributed by atoms with Crippen LogP contribution in [0.3, 0.4) is 0 Å². The smallest absolute Gasteiger partial charge is 0.301 e. The van der Waals surface area contributed by atoms with Crippen molar-refractivity contribution in [2.45, 2.75) is 12.1 Å². The normalized spacial score (nSPS) is 19.7. The molecule has 1 aliphatic heterocycles. The van der Waals surface area contributed by atoms with Gasteiger partial charge >= 0.3 is 11.9 Å². The van der Waals surface area contributed by atoms with Crippen molar-refractivity contribution in [3.05, 3.63) is 46.0 Å². The molecule has 2 atom stereocenters. The summed E-state index contributed by atoms with van der Waals surface area (Å²) >= 11 is 0.803. The van der Waals surface area contributed by atoms with Crippen LogP contribution in [0.2, 0.25) is 0 Å². The zero-order valence-corrected chi connectivity index (χ0v) is 11.0. The summed E-state index contributed by atoms with van der Waals surface area (Å²) in [5.41, 5.74) is 0.178. The van der Waals surface area contributed by atoms with Gasteiger partial charge in [-0.1, -0.05) is 42.1 Å². The number of carbonyl (C=O) groups is 3. The van der Waals surface area contributed by atoms with Gasteiger partial charge in [0, 0.05) is 16.2 Å². The highest BCUT2D eigenvalue weighted by Gasteiger charge is 2.44. The van der Waals surface area contributed by atoms with Crippen LogP contribution in [0.1, 0.15) is 11.6 Å². The Balaban J connectivity index is 2.35. The number of rotatable bonds is 4. The van der Waals surface area contributed by atoms with Gasteiger partial charge in [-0.3, -0.25) is 24.6 Å². The van der Waals surface area contributed by atoms with Gasteiger partial charge in [-0.25, -0.2) is 0 Å². The number of nitrogens with zero attached hydrogens (tertiary/aromatic N) is 2. The molecular weight excluding hydrogens is 284 g/mol. The van der Waals surface area contributed by atoms with Gasteiger partial charge in [-0.15, -0.1) is 0 Å². The molecule has 2 amide bonds. The molecule has 8 heteroatoms. The first-order valence-electron chi connectivity index (χ1n) is 5.70. The Bertz CT molecular complexity index is 562. The van der Waals surface area contributed by atoms with Crippen molar-refractivity contribution in [3.8, 4) is 0 Å². The third-order valence-electron chi connectivity index (χ3n) is 2.86. The van der Waals surface area contributed by atoms with E-state index >= 15 is 0 Å². The quantitative estimate of drug-likeness (QED) is 0.471. The van der Waals surface area contributed by atoms with Crippen LogP contribution in [0.25, 0.3) is 0 Å². The van der Waals surface area contributed by atoms with Crippen molar-refractivity contribution < 1.29 is 19.3 Å². The van der Waals surface area contributed by atoms with E-state index in [1.54, 1.807) is 18.2 Å². The van der Waals surface area contributed by atoms with Crippen LogP contribution in [0.4, 0.5) is 4.79 Å². The van der Waals surface area contributed by atoms with Crippen LogP contribution in [0.5, 0.6) is 0 Å². The molecule has 1 aromatic rings. The Labute approximate surface area is 118 Å². The molecule has 20 heavy (non-hydrogen) atoms. The molecule has 0 spiro atoms. The average molecular weight is 294 g/mol. The molecule has 1 heterocycles. The maximum absolute atomic E-state index is 12.3. The largest absolute Gasteiger partial charge is 0.315 e. The molecule has 0 aliphatic carbocycles. The van der Waals surface area contributed by atoms with Gasteiger partial charge in [0.2, 0.25) is 0 Å². The van der Waals surface area contributed by atoms with Crippen LogP contribution in [-0.4, -0.2) is 39.1 Å². The molecule has 2 rings (SSSR count). The van der Waals surface area contributed by atoms with E-state index in [0.29, 0.717) is 11.2 Å². The van der Waals surface area contributed by atoms with Crippen molar-refractivity contribution >= 4 is 29.2 Å².